The molecule has 0 saturated heterocycles. The second kappa shape index (κ2) is 3.19. The lowest BCUT2D eigenvalue weighted by molar-refractivity contribution is 0.0718. The van der Waals surface area contributed by atoms with Crippen LogP contribution in [0.25, 0.3) is 0 Å². The van der Waals surface area contributed by atoms with Crippen LogP contribution in [0.2, 0.25) is 0 Å². The second-order valence-corrected chi connectivity index (χ2v) is 2.96. The van der Waals surface area contributed by atoms with E-state index in [0.717, 1.165) is 30.9 Å². The molecule has 0 amide bonds. The van der Waals surface area contributed by atoms with E-state index < -0.39 is 0 Å². The van der Waals surface area contributed by atoms with Crippen molar-refractivity contribution in [2.75, 3.05) is 20.4 Å². The molecule has 1 heterocycles. The maximum atomic E-state index is 5.37. The molecule has 12 heavy (non-hydrogen) atoms. The fourth-order valence-electron chi connectivity index (χ4n) is 1.58. The summed E-state index contributed by atoms with van der Waals surface area (Å²) in [5, 5.41) is 3.11. The highest BCUT2D eigenvalue weighted by Gasteiger charge is 2.23. The van der Waals surface area contributed by atoms with Gasteiger partial charge in [0.2, 0.25) is 6.79 Å². The van der Waals surface area contributed by atoms with Gasteiger partial charge in [0.25, 0.3) is 0 Å². The summed E-state index contributed by atoms with van der Waals surface area (Å²) >= 11 is 0. The van der Waals surface area contributed by atoms with Crippen molar-refractivity contribution in [2.45, 2.75) is 12.8 Å². The fraction of sp³-hybridized carbons (Fsp3) is 0.556. The lowest BCUT2D eigenvalue weighted by atomic mass is 10.0. The molecule has 0 spiro atoms. The lowest BCUT2D eigenvalue weighted by Crippen LogP contribution is -2.14. The summed E-state index contributed by atoms with van der Waals surface area (Å²) in [4.78, 5) is 0. The largest absolute Gasteiger partial charge is 0.458 e. The zero-order valence-corrected chi connectivity index (χ0v) is 7.22. The highest BCUT2D eigenvalue weighted by molar-refractivity contribution is 5.34. The number of rotatable bonds is 2. The molecule has 3 nitrogen and oxygen atoms in total. The molecule has 0 bridgehead atoms. The number of hydrogen-bond donors (Lipinski definition) is 1. The van der Waals surface area contributed by atoms with Crippen molar-refractivity contribution in [2.24, 2.45) is 0 Å². The Morgan fingerprint density at radius 1 is 1.50 bits per heavy atom. The van der Waals surface area contributed by atoms with Crippen LogP contribution >= 0.6 is 0 Å². The smallest absolute Gasteiger partial charge is 0.230 e. The molecule has 2 rings (SSSR count). The molecular formula is C9H13NO2. The van der Waals surface area contributed by atoms with Crippen LogP contribution < -0.4 is 5.32 Å². The second-order valence-electron chi connectivity index (χ2n) is 2.96. The molecule has 0 aromatic rings. The summed E-state index contributed by atoms with van der Waals surface area (Å²) in [7, 11) is 1.94. The maximum absolute atomic E-state index is 5.37. The standard InChI is InChI=1S/C9H13NO2/c1-10-5-7-3-2-4-8-9(7)12-6-11-8/h3,10H,2,4-6H2,1H3. The van der Waals surface area contributed by atoms with E-state index in [4.69, 9.17) is 9.47 Å². The normalized spacial score (nSPS) is 21.2. The minimum absolute atomic E-state index is 0.395. The molecule has 1 N–H and O–H groups in total. The topological polar surface area (TPSA) is 30.5 Å². The zero-order chi connectivity index (χ0) is 8.39. The first-order chi connectivity index (χ1) is 5.92. The highest BCUT2D eigenvalue weighted by atomic mass is 16.7. The summed E-state index contributed by atoms with van der Waals surface area (Å²) in [6, 6.07) is 0. The van der Waals surface area contributed by atoms with Crippen LogP contribution in [0.4, 0.5) is 0 Å². The van der Waals surface area contributed by atoms with Gasteiger partial charge in [0.1, 0.15) is 5.76 Å². The molecule has 0 unspecified atom stereocenters. The van der Waals surface area contributed by atoms with Crippen molar-refractivity contribution in [1.82, 2.24) is 5.32 Å². The number of allylic oxidation sites excluding steroid dienone is 2. The van der Waals surface area contributed by atoms with Gasteiger partial charge in [-0.25, -0.2) is 0 Å². The first-order valence-electron chi connectivity index (χ1n) is 4.24. The minimum atomic E-state index is 0.395. The third-order valence-corrected chi connectivity index (χ3v) is 2.11. The third kappa shape index (κ3) is 1.20. The Kier molecular flexibility index (Phi) is 2.04. The molecule has 0 aromatic carbocycles. The van der Waals surface area contributed by atoms with Crippen molar-refractivity contribution >= 4 is 0 Å². The van der Waals surface area contributed by atoms with Crippen LogP contribution in [-0.2, 0) is 9.47 Å². The molecule has 1 aliphatic heterocycles. The van der Waals surface area contributed by atoms with Crippen molar-refractivity contribution in [3.05, 3.63) is 23.2 Å². The molecule has 2 aliphatic rings. The Labute approximate surface area is 72.0 Å². The summed E-state index contributed by atoms with van der Waals surface area (Å²) in [5.74, 6) is 2.00. The monoisotopic (exact) mass is 167 g/mol. The van der Waals surface area contributed by atoms with Crippen molar-refractivity contribution in [1.29, 1.82) is 0 Å². The van der Waals surface area contributed by atoms with Crippen LogP contribution in [0.3, 0.4) is 0 Å². The van der Waals surface area contributed by atoms with Gasteiger partial charge >= 0.3 is 0 Å². The van der Waals surface area contributed by atoms with Crippen molar-refractivity contribution < 1.29 is 9.47 Å². The van der Waals surface area contributed by atoms with E-state index in [0.29, 0.717) is 6.79 Å². The molecule has 0 saturated carbocycles. The number of nitrogens with one attached hydrogen (secondary N) is 1. The Morgan fingerprint density at radius 2 is 2.42 bits per heavy atom. The molecule has 0 atom stereocenters. The van der Waals surface area contributed by atoms with Gasteiger partial charge in [0.05, 0.1) is 0 Å². The lowest BCUT2D eigenvalue weighted by Gasteiger charge is -2.12. The van der Waals surface area contributed by atoms with Crippen LogP contribution in [-0.4, -0.2) is 20.4 Å². The van der Waals surface area contributed by atoms with Gasteiger partial charge in [-0.15, -0.1) is 0 Å². The first-order valence-corrected chi connectivity index (χ1v) is 4.24. The molecule has 66 valence electrons. The summed E-state index contributed by atoms with van der Waals surface area (Å²) in [6.07, 6.45) is 4.27. The van der Waals surface area contributed by atoms with E-state index in [-0.39, 0.29) is 0 Å². The van der Waals surface area contributed by atoms with E-state index >= 15 is 0 Å². The van der Waals surface area contributed by atoms with E-state index in [1.54, 1.807) is 0 Å². The van der Waals surface area contributed by atoms with Gasteiger partial charge < -0.3 is 14.8 Å². The fourth-order valence-corrected chi connectivity index (χ4v) is 1.58. The number of likely N-dealkylation sites (N-methyl/N-ethyl adjacent to an activating group) is 1. The van der Waals surface area contributed by atoms with Crippen molar-refractivity contribution in [3.8, 4) is 0 Å². The maximum Gasteiger partial charge on any atom is 0.230 e. The Balaban J connectivity index is 2.17. The van der Waals surface area contributed by atoms with E-state index in [1.807, 2.05) is 7.05 Å². The van der Waals surface area contributed by atoms with Gasteiger partial charge in [-0.3, -0.25) is 0 Å². The van der Waals surface area contributed by atoms with Gasteiger partial charge in [0.15, 0.2) is 5.76 Å². The molecule has 0 radical (unpaired) electrons. The molecule has 1 aliphatic carbocycles. The van der Waals surface area contributed by atoms with Gasteiger partial charge in [-0.1, -0.05) is 6.08 Å². The molecule has 0 aromatic heterocycles. The average Bonchev–Trinajstić information content (AvgIpc) is 2.53. The summed E-state index contributed by atoms with van der Waals surface area (Å²) in [6.45, 7) is 1.26. The zero-order valence-electron chi connectivity index (χ0n) is 7.22. The van der Waals surface area contributed by atoms with Crippen LogP contribution in [0, 0.1) is 0 Å². The first kappa shape index (κ1) is 7.68. The van der Waals surface area contributed by atoms with Crippen molar-refractivity contribution in [3.63, 3.8) is 0 Å². The highest BCUT2D eigenvalue weighted by Crippen LogP contribution is 2.30. The van der Waals surface area contributed by atoms with E-state index in [1.165, 1.54) is 5.57 Å². The number of hydrogen-bond acceptors (Lipinski definition) is 3. The van der Waals surface area contributed by atoms with Gasteiger partial charge in [-0.2, -0.15) is 0 Å². The van der Waals surface area contributed by atoms with Crippen LogP contribution in [0.1, 0.15) is 12.8 Å². The van der Waals surface area contributed by atoms with Gasteiger partial charge in [-0.05, 0) is 13.5 Å². The predicted molar refractivity (Wildman–Crippen MR) is 45.3 cm³/mol. The molecular weight excluding hydrogens is 154 g/mol. The average molecular weight is 167 g/mol. The summed E-state index contributed by atoms with van der Waals surface area (Å²) in [5.41, 5.74) is 1.23. The molecule has 0 fully saturated rings. The van der Waals surface area contributed by atoms with E-state index in [2.05, 4.69) is 11.4 Å². The van der Waals surface area contributed by atoms with Crippen LogP contribution in [0.15, 0.2) is 23.2 Å². The summed E-state index contributed by atoms with van der Waals surface area (Å²) < 4.78 is 10.7. The Hall–Kier alpha value is -0.960. The van der Waals surface area contributed by atoms with E-state index in [9.17, 15) is 0 Å². The van der Waals surface area contributed by atoms with Gasteiger partial charge in [0, 0.05) is 18.5 Å². The SMILES string of the molecule is CNCC1=CCCC2=C1OCO2. The third-order valence-electron chi connectivity index (χ3n) is 2.11. The minimum Gasteiger partial charge on any atom is -0.458 e. The Morgan fingerprint density at radius 3 is 3.25 bits per heavy atom. The Bertz CT molecular complexity index is 243. The molecule has 3 heteroatoms. The number of ether oxygens (including phenoxy) is 2. The van der Waals surface area contributed by atoms with Crippen LogP contribution in [0.5, 0.6) is 0 Å². The quantitative estimate of drug-likeness (QED) is 0.669. The predicted octanol–water partition coefficient (Wildman–Crippen LogP) is 1.14.